The minimum absolute atomic E-state index is 0. The fraction of sp³-hybridized carbons (Fsp3) is 0.500. The molecule has 84 valence electrons. The smallest absolute Gasteiger partial charge is 0.142 e. The van der Waals surface area contributed by atoms with E-state index in [0.29, 0.717) is 5.54 Å². The highest BCUT2D eigenvalue weighted by Crippen LogP contribution is 2.45. The molecule has 2 rings (SSSR count). The number of nitrogens with zero attached hydrogens (tertiary/aromatic N) is 1. The van der Waals surface area contributed by atoms with Crippen LogP contribution in [0.1, 0.15) is 5.56 Å². The molecule has 1 nitrogen and oxygen atoms in total. The van der Waals surface area contributed by atoms with Gasteiger partial charge in [-0.3, -0.25) is 0 Å². The molecule has 1 heterocycles. The van der Waals surface area contributed by atoms with Gasteiger partial charge in [0.05, 0.1) is 32.6 Å². The van der Waals surface area contributed by atoms with Crippen LogP contribution in [0, 0.1) is 0 Å². The predicted molar refractivity (Wildman–Crippen MR) is 63.5 cm³/mol. The molecule has 0 saturated carbocycles. The second-order valence-electron chi connectivity index (χ2n) is 4.90. The minimum Gasteiger partial charge on any atom is -1.00 e. The van der Waals surface area contributed by atoms with E-state index < -0.39 is 0 Å². The van der Waals surface area contributed by atoms with E-state index >= 15 is 0 Å². The standard InChI is InChI=1S/C12H18NS.HI/c1-13(2,3)12(9-14-10-12)11-7-5-4-6-8-11;/h4-8H,9-10H2,1-3H3;1H/q+1;/p-1. The summed E-state index contributed by atoms with van der Waals surface area (Å²) in [6.07, 6.45) is 0. The molecule has 0 atom stereocenters. The monoisotopic (exact) mass is 335 g/mol. The molecule has 15 heavy (non-hydrogen) atoms. The van der Waals surface area contributed by atoms with Crippen LogP contribution < -0.4 is 24.0 Å². The summed E-state index contributed by atoms with van der Waals surface area (Å²) >= 11 is 2.05. The molecule has 0 N–H and O–H groups in total. The third-order valence-corrected chi connectivity index (χ3v) is 4.64. The fourth-order valence-electron chi connectivity index (χ4n) is 1.99. The number of hydrogen-bond donors (Lipinski definition) is 0. The molecule has 1 aromatic carbocycles. The average Bonchev–Trinajstić information content (AvgIpc) is 2.01. The molecule has 3 heteroatoms. The van der Waals surface area contributed by atoms with E-state index in [-0.39, 0.29) is 24.0 Å². The van der Waals surface area contributed by atoms with Gasteiger partial charge in [-0.1, -0.05) is 30.3 Å². The lowest BCUT2D eigenvalue weighted by atomic mass is 9.90. The van der Waals surface area contributed by atoms with Crippen LogP contribution in [0.2, 0.25) is 0 Å². The molecule has 0 aromatic heterocycles. The molecule has 0 radical (unpaired) electrons. The number of thioether (sulfide) groups is 1. The summed E-state index contributed by atoms with van der Waals surface area (Å²) in [6, 6.07) is 10.9. The van der Waals surface area contributed by atoms with Gasteiger partial charge in [0.15, 0.2) is 0 Å². The van der Waals surface area contributed by atoms with Gasteiger partial charge in [0, 0.05) is 5.56 Å². The summed E-state index contributed by atoms with van der Waals surface area (Å²) in [5.41, 5.74) is 1.85. The van der Waals surface area contributed by atoms with Gasteiger partial charge in [0.1, 0.15) is 5.54 Å². The van der Waals surface area contributed by atoms with Crippen LogP contribution in [0.5, 0.6) is 0 Å². The van der Waals surface area contributed by atoms with Gasteiger partial charge in [-0.05, 0) is 0 Å². The Bertz CT molecular complexity index is 314. The maximum Gasteiger partial charge on any atom is 0.142 e. The van der Waals surface area contributed by atoms with Gasteiger partial charge in [-0.2, -0.15) is 0 Å². The summed E-state index contributed by atoms with van der Waals surface area (Å²) in [4.78, 5) is 0. The van der Waals surface area contributed by atoms with Crippen molar-refractivity contribution in [1.82, 2.24) is 0 Å². The number of rotatable bonds is 2. The number of hydrogen-bond acceptors (Lipinski definition) is 1. The molecule has 1 aliphatic heterocycles. The van der Waals surface area contributed by atoms with Gasteiger partial charge in [-0.25, -0.2) is 0 Å². The van der Waals surface area contributed by atoms with Gasteiger partial charge < -0.3 is 28.5 Å². The zero-order chi connectivity index (χ0) is 10.2. The van der Waals surface area contributed by atoms with Crippen LogP contribution in [0.4, 0.5) is 0 Å². The third-order valence-electron chi connectivity index (χ3n) is 3.28. The molecule has 1 fully saturated rings. The normalized spacial score (nSPS) is 18.9. The quantitative estimate of drug-likeness (QED) is 0.511. The highest BCUT2D eigenvalue weighted by atomic mass is 127. The van der Waals surface area contributed by atoms with E-state index in [0.717, 1.165) is 4.48 Å². The maximum atomic E-state index is 2.30. The summed E-state index contributed by atoms with van der Waals surface area (Å²) in [5.74, 6) is 2.50. The molecule has 0 bridgehead atoms. The van der Waals surface area contributed by atoms with Crippen molar-refractivity contribution in [2.45, 2.75) is 5.54 Å². The Morgan fingerprint density at radius 1 is 1.07 bits per heavy atom. The first-order chi connectivity index (χ1) is 6.56. The summed E-state index contributed by atoms with van der Waals surface area (Å²) < 4.78 is 1.03. The Kier molecular flexibility index (Phi) is 4.12. The van der Waals surface area contributed by atoms with Crippen molar-refractivity contribution < 1.29 is 28.5 Å². The number of benzene rings is 1. The summed E-state index contributed by atoms with van der Waals surface area (Å²) in [6.45, 7) is 0. The van der Waals surface area contributed by atoms with E-state index in [1.54, 1.807) is 0 Å². The van der Waals surface area contributed by atoms with Crippen LogP contribution in [0.15, 0.2) is 30.3 Å². The molecule has 1 aromatic rings. The number of halogens is 1. The predicted octanol–water partition coefficient (Wildman–Crippen LogP) is -0.661. The molecular weight excluding hydrogens is 317 g/mol. The lowest BCUT2D eigenvalue weighted by Gasteiger charge is -2.51. The van der Waals surface area contributed by atoms with Crippen LogP contribution in [-0.4, -0.2) is 37.1 Å². The van der Waals surface area contributed by atoms with Gasteiger partial charge in [0.25, 0.3) is 0 Å². The molecule has 0 amide bonds. The molecule has 0 spiro atoms. The molecule has 0 unspecified atom stereocenters. The Balaban J connectivity index is 0.00000112. The Labute approximate surface area is 114 Å². The van der Waals surface area contributed by atoms with E-state index in [1.165, 1.54) is 17.1 Å². The third kappa shape index (κ3) is 2.19. The van der Waals surface area contributed by atoms with Crippen LogP contribution in [-0.2, 0) is 5.54 Å². The van der Waals surface area contributed by atoms with Crippen LogP contribution in [0.25, 0.3) is 0 Å². The zero-order valence-corrected chi connectivity index (χ0v) is 12.5. The van der Waals surface area contributed by atoms with E-state index in [4.69, 9.17) is 0 Å². The SMILES string of the molecule is C[N+](C)(C)C1(c2ccccc2)CSC1.[I-]. The van der Waals surface area contributed by atoms with Gasteiger partial charge >= 0.3 is 0 Å². The van der Waals surface area contributed by atoms with Crippen molar-refractivity contribution in [2.24, 2.45) is 0 Å². The van der Waals surface area contributed by atoms with E-state index in [1.807, 2.05) is 0 Å². The zero-order valence-electron chi connectivity index (χ0n) is 9.53. The maximum absolute atomic E-state index is 2.30. The Morgan fingerprint density at radius 2 is 1.60 bits per heavy atom. The number of quaternary nitrogens is 1. The summed E-state index contributed by atoms with van der Waals surface area (Å²) in [7, 11) is 6.90. The van der Waals surface area contributed by atoms with Crippen LogP contribution in [0.3, 0.4) is 0 Å². The highest BCUT2D eigenvalue weighted by molar-refractivity contribution is 8.00. The molecular formula is C12H18INS. The molecule has 1 saturated heterocycles. The first kappa shape index (κ1) is 13.3. The lowest BCUT2D eigenvalue weighted by Crippen LogP contribution is -3.00. The van der Waals surface area contributed by atoms with Crippen LogP contribution >= 0.6 is 11.8 Å². The first-order valence-corrected chi connectivity index (χ1v) is 6.17. The lowest BCUT2D eigenvalue weighted by molar-refractivity contribution is -0.927. The molecule has 0 aliphatic carbocycles. The van der Waals surface area contributed by atoms with Crippen molar-refractivity contribution in [3.05, 3.63) is 35.9 Å². The van der Waals surface area contributed by atoms with Crippen molar-refractivity contribution in [3.8, 4) is 0 Å². The second kappa shape index (κ2) is 4.63. The highest BCUT2D eigenvalue weighted by Gasteiger charge is 2.50. The summed E-state index contributed by atoms with van der Waals surface area (Å²) in [5, 5.41) is 0. The first-order valence-electron chi connectivity index (χ1n) is 5.01. The Morgan fingerprint density at radius 3 is 1.93 bits per heavy atom. The van der Waals surface area contributed by atoms with Gasteiger partial charge in [0.2, 0.25) is 0 Å². The van der Waals surface area contributed by atoms with Crippen molar-refractivity contribution in [2.75, 3.05) is 32.6 Å². The van der Waals surface area contributed by atoms with E-state index in [2.05, 4.69) is 63.2 Å². The largest absolute Gasteiger partial charge is 1.00 e. The van der Waals surface area contributed by atoms with Gasteiger partial charge in [-0.15, -0.1) is 11.8 Å². The topological polar surface area (TPSA) is 0 Å². The molecule has 1 aliphatic rings. The van der Waals surface area contributed by atoms with Crippen molar-refractivity contribution in [1.29, 1.82) is 0 Å². The fourth-order valence-corrected chi connectivity index (χ4v) is 3.68. The second-order valence-corrected chi connectivity index (χ2v) is 5.89. The van der Waals surface area contributed by atoms with Crippen molar-refractivity contribution in [3.63, 3.8) is 0 Å². The average molecular weight is 335 g/mol. The van der Waals surface area contributed by atoms with Crippen molar-refractivity contribution >= 4 is 11.8 Å². The Hall–Kier alpha value is 0.260. The minimum atomic E-state index is 0. The van der Waals surface area contributed by atoms with E-state index in [9.17, 15) is 0 Å².